The van der Waals surface area contributed by atoms with E-state index >= 15 is 0 Å². The van der Waals surface area contributed by atoms with Crippen LogP contribution in [-0.4, -0.2) is 24.2 Å². The van der Waals surface area contributed by atoms with Gasteiger partial charge in [0.05, 0.1) is 19.9 Å². The Labute approximate surface area is 118 Å². The highest BCUT2D eigenvalue weighted by Gasteiger charge is 2.10. The maximum absolute atomic E-state index is 11.7. The molecule has 1 aromatic heterocycles. The first-order valence-corrected chi connectivity index (χ1v) is 6.35. The fourth-order valence-corrected chi connectivity index (χ4v) is 1.88. The van der Waals surface area contributed by atoms with Gasteiger partial charge in [-0.2, -0.15) is 0 Å². The number of aromatic amines is 1. The molecule has 2 aromatic rings. The molecule has 1 aromatic carbocycles. The van der Waals surface area contributed by atoms with E-state index in [1.54, 1.807) is 33.3 Å². The molecule has 0 aliphatic heterocycles. The minimum absolute atomic E-state index is 0.211. The third-order valence-electron chi connectivity index (χ3n) is 2.69. The van der Waals surface area contributed by atoms with Crippen molar-refractivity contribution in [2.24, 2.45) is 0 Å². The summed E-state index contributed by atoms with van der Waals surface area (Å²) in [5.74, 6) is 1.71. The monoisotopic (exact) mass is 324 g/mol. The number of rotatable bonds is 3. The number of aryl methyl sites for hydroxylation is 1. The Morgan fingerprint density at radius 1 is 1.21 bits per heavy atom. The Morgan fingerprint density at radius 2 is 1.89 bits per heavy atom. The third-order valence-corrected chi connectivity index (χ3v) is 3.62. The van der Waals surface area contributed by atoms with Crippen molar-refractivity contribution in [3.63, 3.8) is 0 Å². The Bertz CT molecular complexity index is 667. The molecule has 0 spiro atoms. The van der Waals surface area contributed by atoms with Crippen LogP contribution >= 0.6 is 15.9 Å². The minimum Gasteiger partial charge on any atom is -0.493 e. The van der Waals surface area contributed by atoms with Gasteiger partial charge in [0.1, 0.15) is 10.3 Å². The normalized spacial score (nSPS) is 10.3. The predicted octanol–water partition coefficient (Wildman–Crippen LogP) is 2.53. The fraction of sp³-hybridized carbons (Fsp3) is 0.231. The number of hydrogen-bond donors (Lipinski definition) is 1. The zero-order valence-electron chi connectivity index (χ0n) is 10.8. The Hall–Kier alpha value is -1.82. The number of methoxy groups -OCH3 is 2. The molecule has 1 N–H and O–H groups in total. The fourth-order valence-electron chi connectivity index (χ4n) is 1.69. The zero-order valence-corrected chi connectivity index (χ0v) is 12.4. The third kappa shape index (κ3) is 2.63. The van der Waals surface area contributed by atoms with E-state index in [-0.39, 0.29) is 5.56 Å². The molecule has 0 saturated heterocycles. The maximum atomic E-state index is 11.7. The summed E-state index contributed by atoms with van der Waals surface area (Å²) in [6.45, 7) is 1.77. The van der Waals surface area contributed by atoms with Crippen molar-refractivity contribution in [3.05, 3.63) is 38.7 Å². The highest BCUT2D eigenvalue weighted by atomic mass is 79.9. The molecule has 0 saturated carbocycles. The number of halogens is 1. The molecule has 2 rings (SSSR count). The molecule has 0 radical (unpaired) electrons. The van der Waals surface area contributed by atoms with E-state index < -0.39 is 0 Å². The largest absolute Gasteiger partial charge is 0.493 e. The molecule has 0 bridgehead atoms. The van der Waals surface area contributed by atoms with E-state index in [0.717, 1.165) is 5.56 Å². The predicted molar refractivity (Wildman–Crippen MR) is 75.8 cm³/mol. The summed E-state index contributed by atoms with van der Waals surface area (Å²) in [4.78, 5) is 18.8. The second-order valence-corrected chi connectivity index (χ2v) is 4.68. The van der Waals surface area contributed by atoms with E-state index in [4.69, 9.17) is 9.47 Å². The van der Waals surface area contributed by atoms with Crippen molar-refractivity contribution in [3.8, 4) is 22.9 Å². The van der Waals surface area contributed by atoms with Gasteiger partial charge in [0.15, 0.2) is 11.5 Å². The summed E-state index contributed by atoms with van der Waals surface area (Å²) in [5.41, 5.74) is 1.18. The molecule has 0 atom stereocenters. The highest BCUT2D eigenvalue weighted by molar-refractivity contribution is 9.10. The van der Waals surface area contributed by atoms with Gasteiger partial charge >= 0.3 is 0 Å². The first kappa shape index (κ1) is 13.6. The number of ether oxygens (including phenoxy) is 2. The standard InChI is InChI=1S/C13H13BrN2O3/c1-7-11(14)13(17)16-12(15-7)8-4-5-9(18-2)10(6-8)19-3/h4-6H,1-3H3,(H,15,16,17). The van der Waals surface area contributed by atoms with Crippen molar-refractivity contribution < 1.29 is 9.47 Å². The average Bonchev–Trinajstić information content (AvgIpc) is 2.43. The van der Waals surface area contributed by atoms with Crippen molar-refractivity contribution in [1.82, 2.24) is 9.97 Å². The van der Waals surface area contributed by atoms with Crippen LogP contribution in [0.3, 0.4) is 0 Å². The van der Waals surface area contributed by atoms with Crippen molar-refractivity contribution >= 4 is 15.9 Å². The lowest BCUT2D eigenvalue weighted by Gasteiger charge is -2.09. The molecule has 19 heavy (non-hydrogen) atoms. The average molecular weight is 325 g/mol. The number of hydrogen-bond acceptors (Lipinski definition) is 4. The Balaban J connectivity index is 2.56. The van der Waals surface area contributed by atoms with Crippen LogP contribution in [0.5, 0.6) is 11.5 Å². The summed E-state index contributed by atoms with van der Waals surface area (Å²) >= 11 is 3.19. The van der Waals surface area contributed by atoms with Crippen LogP contribution in [0.15, 0.2) is 27.5 Å². The van der Waals surface area contributed by atoms with Crippen LogP contribution in [0, 0.1) is 6.92 Å². The van der Waals surface area contributed by atoms with E-state index in [1.807, 2.05) is 6.07 Å². The van der Waals surface area contributed by atoms with E-state index in [1.165, 1.54) is 0 Å². The molecule has 0 amide bonds. The minimum atomic E-state index is -0.211. The molecule has 0 unspecified atom stereocenters. The summed E-state index contributed by atoms with van der Waals surface area (Å²) in [6, 6.07) is 5.35. The number of H-pyrrole nitrogens is 1. The first-order chi connectivity index (χ1) is 9.06. The van der Waals surface area contributed by atoms with Gasteiger partial charge in [0, 0.05) is 5.56 Å². The highest BCUT2D eigenvalue weighted by Crippen LogP contribution is 2.30. The summed E-state index contributed by atoms with van der Waals surface area (Å²) < 4.78 is 10.8. The lowest BCUT2D eigenvalue weighted by molar-refractivity contribution is 0.355. The Kier molecular flexibility index (Phi) is 3.90. The molecular weight excluding hydrogens is 312 g/mol. The maximum Gasteiger partial charge on any atom is 0.265 e. The molecule has 1 heterocycles. The van der Waals surface area contributed by atoms with Crippen LogP contribution in [0.4, 0.5) is 0 Å². The van der Waals surface area contributed by atoms with Gasteiger partial charge in [-0.1, -0.05) is 0 Å². The van der Waals surface area contributed by atoms with Crippen molar-refractivity contribution in [1.29, 1.82) is 0 Å². The molecule has 100 valence electrons. The lowest BCUT2D eigenvalue weighted by Crippen LogP contribution is -2.11. The quantitative estimate of drug-likeness (QED) is 0.942. The van der Waals surface area contributed by atoms with Crippen LogP contribution < -0.4 is 15.0 Å². The van der Waals surface area contributed by atoms with Gasteiger partial charge in [0.25, 0.3) is 5.56 Å². The molecule has 0 aliphatic carbocycles. The van der Waals surface area contributed by atoms with Crippen LogP contribution in [-0.2, 0) is 0 Å². The first-order valence-electron chi connectivity index (χ1n) is 5.55. The van der Waals surface area contributed by atoms with Gasteiger partial charge < -0.3 is 14.5 Å². The van der Waals surface area contributed by atoms with Crippen LogP contribution in [0.1, 0.15) is 5.69 Å². The zero-order chi connectivity index (χ0) is 14.0. The molecule has 6 heteroatoms. The van der Waals surface area contributed by atoms with Gasteiger partial charge in [-0.15, -0.1) is 0 Å². The van der Waals surface area contributed by atoms with E-state index in [0.29, 0.717) is 27.5 Å². The number of benzene rings is 1. The number of nitrogens with one attached hydrogen (secondary N) is 1. The molecular formula is C13H13BrN2O3. The van der Waals surface area contributed by atoms with Crippen LogP contribution in [0.25, 0.3) is 11.4 Å². The second-order valence-electron chi connectivity index (χ2n) is 3.88. The van der Waals surface area contributed by atoms with E-state index in [9.17, 15) is 4.79 Å². The van der Waals surface area contributed by atoms with Crippen molar-refractivity contribution in [2.75, 3.05) is 14.2 Å². The second kappa shape index (κ2) is 5.44. The molecule has 5 nitrogen and oxygen atoms in total. The van der Waals surface area contributed by atoms with Gasteiger partial charge in [-0.3, -0.25) is 4.79 Å². The van der Waals surface area contributed by atoms with Gasteiger partial charge in [-0.25, -0.2) is 4.98 Å². The van der Waals surface area contributed by atoms with Gasteiger partial charge in [0.2, 0.25) is 0 Å². The van der Waals surface area contributed by atoms with Gasteiger partial charge in [-0.05, 0) is 41.1 Å². The summed E-state index contributed by atoms with van der Waals surface area (Å²) in [5, 5.41) is 0. The van der Waals surface area contributed by atoms with Crippen molar-refractivity contribution in [2.45, 2.75) is 6.92 Å². The summed E-state index contributed by atoms with van der Waals surface area (Å²) in [7, 11) is 3.13. The van der Waals surface area contributed by atoms with Crippen LogP contribution in [0.2, 0.25) is 0 Å². The molecule has 0 fully saturated rings. The SMILES string of the molecule is COc1ccc(-c2nc(C)c(Br)c(=O)[nH]2)cc1OC. The lowest BCUT2D eigenvalue weighted by atomic mass is 10.2. The smallest absolute Gasteiger partial charge is 0.265 e. The molecule has 0 aliphatic rings. The topological polar surface area (TPSA) is 64.2 Å². The van der Waals surface area contributed by atoms with E-state index in [2.05, 4.69) is 25.9 Å². The number of aromatic nitrogens is 2. The number of nitrogens with zero attached hydrogens (tertiary/aromatic N) is 1. The Morgan fingerprint density at radius 3 is 2.47 bits per heavy atom. The summed E-state index contributed by atoms with van der Waals surface area (Å²) in [6.07, 6.45) is 0.